The minimum Gasteiger partial charge on any atom is -0.479 e. The van der Waals surface area contributed by atoms with E-state index in [1.165, 1.54) is 31.7 Å². The zero-order chi connectivity index (χ0) is 22.1. The number of benzene rings is 1. The number of methoxy groups -OCH3 is 1. The SMILES string of the molecule is COc1nc(-c2cnoc2)ccc1NC(=O)c1c(-c2ccc(F)cc2)noc1N1CCC1. The van der Waals surface area contributed by atoms with E-state index in [-0.39, 0.29) is 17.3 Å². The van der Waals surface area contributed by atoms with E-state index >= 15 is 0 Å². The second-order valence-corrected chi connectivity index (χ2v) is 7.18. The minimum atomic E-state index is -0.440. The number of rotatable bonds is 6. The van der Waals surface area contributed by atoms with Crippen LogP contribution < -0.4 is 15.0 Å². The van der Waals surface area contributed by atoms with E-state index in [1.807, 2.05) is 4.90 Å². The first-order chi connectivity index (χ1) is 15.6. The van der Waals surface area contributed by atoms with E-state index in [9.17, 15) is 9.18 Å². The Hall–Kier alpha value is -4.21. The highest BCUT2D eigenvalue weighted by Gasteiger charge is 2.31. The van der Waals surface area contributed by atoms with Gasteiger partial charge >= 0.3 is 0 Å². The Morgan fingerprint density at radius 2 is 1.97 bits per heavy atom. The van der Waals surface area contributed by atoms with Gasteiger partial charge < -0.3 is 24.0 Å². The number of hydrogen-bond donors (Lipinski definition) is 1. The first kappa shape index (κ1) is 19.7. The third-order valence-electron chi connectivity index (χ3n) is 5.19. The normalized spacial score (nSPS) is 13.0. The fraction of sp³-hybridized carbons (Fsp3) is 0.182. The van der Waals surface area contributed by atoms with E-state index in [2.05, 4.69) is 20.6 Å². The van der Waals surface area contributed by atoms with Crippen molar-refractivity contribution in [2.24, 2.45) is 0 Å². The topological polar surface area (TPSA) is 107 Å². The Bertz CT molecular complexity index is 1250. The van der Waals surface area contributed by atoms with Crippen molar-refractivity contribution in [3.05, 3.63) is 60.2 Å². The van der Waals surface area contributed by atoms with Crippen molar-refractivity contribution in [2.75, 3.05) is 30.4 Å². The van der Waals surface area contributed by atoms with Gasteiger partial charge in [-0.2, -0.15) is 0 Å². The third kappa shape index (κ3) is 3.55. The summed E-state index contributed by atoms with van der Waals surface area (Å²) in [5.74, 6) is -0.219. The Morgan fingerprint density at radius 3 is 2.62 bits per heavy atom. The summed E-state index contributed by atoms with van der Waals surface area (Å²) in [5.41, 5.74) is 2.80. The summed E-state index contributed by atoms with van der Waals surface area (Å²) in [5, 5.41) is 10.6. The van der Waals surface area contributed by atoms with Gasteiger partial charge in [0.05, 0.1) is 24.6 Å². The molecule has 1 fully saturated rings. The molecule has 1 saturated heterocycles. The van der Waals surface area contributed by atoms with Gasteiger partial charge in [-0.3, -0.25) is 4.79 Å². The molecule has 32 heavy (non-hydrogen) atoms. The summed E-state index contributed by atoms with van der Waals surface area (Å²) in [4.78, 5) is 19.7. The predicted octanol–water partition coefficient (Wildman–Crippen LogP) is 4.00. The molecular weight excluding hydrogens is 417 g/mol. The van der Waals surface area contributed by atoms with E-state index < -0.39 is 5.91 Å². The van der Waals surface area contributed by atoms with Gasteiger partial charge in [0.25, 0.3) is 5.91 Å². The van der Waals surface area contributed by atoms with Crippen LogP contribution in [0, 0.1) is 5.82 Å². The number of aromatic nitrogens is 3. The number of amides is 1. The number of pyridine rings is 1. The number of carbonyl (C=O) groups excluding carboxylic acids is 1. The zero-order valence-corrected chi connectivity index (χ0v) is 17.0. The monoisotopic (exact) mass is 435 g/mol. The first-order valence-corrected chi connectivity index (χ1v) is 9.90. The maximum absolute atomic E-state index is 13.4. The van der Waals surface area contributed by atoms with E-state index in [4.69, 9.17) is 13.8 Å². The molecule has 1 aromatic carbocycles. The summed E-state index contributed by atoms with van der Waals surface area (Å²) < 4.78 is 29.2. The summed E-state index contributed by atoms with van der Waals surface area (Å²) in [6.45, 7) is 1.52. The Kier molecular flexibility index (Phi) is 5.02. The first-order valence-electron chi connectivity index (χ1n) is 9.90. The van der Waals surface area contributed by atoms with Crippen LogP contribution in [0.15, 0.2) is 57.9 Å². The number of carbonyl (C=O) groups is 1. The van der Waals surface area contributed by atoms with Crippen molar-refractivity contribution in [2.45, 2.75) is 6.42 Å². The molecule has 5 rings (SSSR count). The summed E-state index contributed by atoms with van der Waals surface area (Å²) >= 11 is 0. The molecule has 0 aliphatic carbocycles. The van der Waals surface area contributed by atoms with E-state index in [0.717, 1.165) is 19.5 Å². The lowest BCUT2D eigenvalue weighted by atomic mass is 10.1. The molecule has 0 radical (unpaired) electrons. The van der Waals surface area contributed by atoms with Crippen LogP contribution in [0.25, 0.3) is 22.5 Å². The molecule has 4 heterocycles. The van der Waals surface area contributed by atoms with Crippen LogP contribution in [0.5, 0.6) is 5.88 Å². The molecule has 3 aromatic heterocycles. The van der Waals surface area contributed by atoms with Gasteiger partial charge in [-0.1, -0.05) is 10.3 Å². The van der Waals surface area contributed by atoms with Gasteiger partial charge in [0.1, 0.15) is 29.0 Å². The average molecular weight is 435 g/mol. The molecule has 1 aliphatic rings. The molecule has 0 spiro atoms. The van der Waals surface area contributed by atoms with Crippen LogP contribution in [-0.4, -0.2) is 41.4 Å². The van der Waals surface area contributed by atoms with Gasteiger partial charge in [-0.05, 0) is 42.8 Å². The number of halogens is 1. The van der Waals surface area contributed by atoms with Crippen molar-refractivity contribution in [3.8, 4) is 28.4 Å². The molecule has 0 unspecified atom stereocenters. The highest BCUT2D eigenvalue weighted by atomic mass is 19.1. The van der Waals surface area contributed by atoms with Crippen LogP contribution >= 0.6 is 0 Å². The molecule has 1 N–H and O–H groups in total. The zero-order valence-electron chi connectivity index (χ0n) is 17.0. The quantitative estimate of drug-likeness (QED) is 0.484. The lowest BCUT2D eigenvalue weighted by Crippen LogP contribution is -2.38. The maximum Gasteiger partial charge on any atom is 0.263 e. The summed E-state index contributed by atoms with van der Waals surface area (Å²) in [6.07, 6.45) is 3.99. The van der Waals surface area contributed by atoms with Crippen molar-refractivity contribution >= 4 is 17.5 Å². The summed E-state index contributed by atoms with van der Waals surface area (Å²) in [6, 6.07) is 9.13. The van der Waals surface area contributed by atoms with Crippen LogP contribution in [0.4, 0.5) is 16.0 Å². The van der Waals surface area contributed by atoms with Crippen molar-refractivity contribution in [3.63, 3.8) is 0 Å². The number of ether oxygens (including phenoxy) is 1. The smallest absolute Gasteiger partial charge is 0.263 e. The molecule has 1 amide bonds. The second-order valence-electron chi connectivity index (χ2n) is 7.18. The van der Waals surface area contributed by atoms with E-state index in [1.54, 1.807) is 24.3 Å². The molecule has 4 aromatic rings. The molecule has 0 bridgehead atoms. The van der Waals surface area contributed by atoms with Gasteiger partial charge in [-0.15, -0.1) is 0 Å². The fourth-order valence-electron chi connectivity index (χ4n) is 3.39. The highest BCUT2D eigenvalue weighted by molar-refractivity contribution is 6.11. The lowest BCUT2D eigenvalue weighted by molar-refractivity contribution is 0.102. The fourth-order valence-corrected chi connectivity index (χ4v) is 3.39. The molecule has 9 nitrogen and oxygen atoms in total. The van der Waals surface area contributed by atoms with Crippen LogP contribution in [0.3, 0.4) is 0 Å². The van der Waals surface area contributed by atoms with Crippen molar-refractivity contribution < 1.29 is 23.0 Å². The lowest BCUT2D eigenvalue weighted by Gasteiger charge is -2.30. The molecule has 0 saturated carbocycles. The number of hydrogen-bond acceptors (Lipinski definition) is 8. The molecule has 0 atom stereocenters. The molecule has 162 valence electrons. The second kappa shape index (κ2) is 8.14. The van der Waals surface area contributed by atoms with Crippen LogP contribution in [0.2, 0.25) is 0 Å². The van der Waals surface area contributed by atoms with Gasteiger partial charge in [0.15, 0.2) is 0 Å². The highest BCUT2D eigenvalue weighted by Crippen LogP contribution is 2.35. The molecule has 10 heteroatoms. The van der Waals surface area contributed by atoms with Gasteiger partial charge in [0, 0.05) is 18.7 Å². The van der Waals surface area contributed by atoms with Crippen LogP contribution in [0.1, 0.15) is 16.8 Å². The van der Waals surface area contributed by atoms with Gasteiger partial charge in [0.2, 0.25) is 11.8 Å². The van der Waals surface area contributed by atoms with Crippen molar-refractivity contribution in [1.82, 2.24) is 15.3 Å². The average Bonchev–Trinajstić information content (AvgIpc) is 3.44. The predicted molar refractivity (Wildman–Crippen MR) is 113 cm³/mol. The Morgan fingerprint density at radius 1 is 1.16 bits per heavy atom. The van der Waals surface area contributed by atoms with Gasteiger partial charge in [-0.25, -0.2) is 9.37 Å². The molecule has 1 aliphatic heterocycles. The van der Waals surface area contributed by atoms with Crippen LogP contribution in [-0.2, 0) is 0 Å². The Labute approximate surface area is 181 Å². The Balaban J connectivity index is 1.50. The number of anilines is 2. The number of nitrogens with one attached hydrogen (secondary N) is 1. The summed E-state index contributed by atoms with van der Waals surface area (Å²) in [7, 11) is 1.46. The number of nitrogens with zero attached hydrogens (tertiary/aromatic N) is 4. The van der Waals surface area contributed by atoms with E-state index in [0.29, 0.717) is 34.1 Å². The molecular formula is C22H18FN5O4. The standard InChI is InChI=1S/C22H18FN5O4/c1-30-21-17(8-7-16(26-21)14-11-24-31-12-14)25-20(29)18-19(13-3-5-15(23)6-4-13)27-32-22(18)28-9-2-10-28/h3-8,11-12H,2,9-10H2,1H3,(H,25,29). The maximum atomic E-state index is 13.4. The third-order valence-corrected chi connectivity index (χ3v) is 5.19. The van der Waals surface area contributed by atoms with Crippen molar-refractivity contribution in [1.29, 1.82) is 0 Å². The largest absolute Gasteiger partial charge is 0.479 e. The minimum absolute atomic E-state index is 0.224.